The van der Waals surface area contributed by atoms with Gasteiger partial charge in [-0.2, -0.15) is 11.8 Å². The van der Waals surface area contributed by atoms with Gasteiger partial charge in [0, 0.05) is 12.1 Å². The summed E-state index contributed by atoms with van der Waals surface area (Å²) in [6.07, 6.45) is 3.06. The van der Waals surface area contributed by atoms with E-state index in [0.717, 1.165) is 18.7 Å². The topological polar surface area (TPSA) is 71.6 Å². The predicted molar refractivity (Wildman–Crippen MR) is 93.7 cm³/mol. The summed E-state index contributed by atoms with van der Waals surface area (Å²) in [7, 11) is 3.06. The van der Waals surface area contributed by atoms with Crippen LogP contribution in [0.15, 0.2) is 18.2 Å². The molecule has 1 amide bonds. The molecule has 0 bridgehead atoms. The van der Waals surface area contributed by atoms with Crippen molar-refractivity contribution in [2.24, 2.45) is 0 Å². The van der Waals surface area contributed by atoms with Crippen molar-refractivity contribution in [3.05, 3.63) is 23.8 Å². The number of carbonyl (C=O) groups is 1. The summed E-state index contributed by atoms with van der Waals surface area (Å²) in [6, 6.07) is 4.92. The highest BCUT2D eigenvalue weighted by atomic mass is 32.2. The lowest BCUT2D eigenvalue weighted by Crippen LogP contribution is -2.47. The molecule has 0 aliphatic rings. The molecule has 122 valence electrons. The molecule has 0 atom stereocenters. The molecule has 0 unspecified atom stereocenters. The van der Waals surface area contributed by atoms with Gasteiger partial charge in [0.25, 0.3) is 5.91 Å². The highest BCUT2D eigenvalue weighted by Gasteiger charge is 2.10. The number of ether oxygens (including phenoxy) is 2. The Labute approximate surface area is 140 Å². The molecular formula is C14H21N3O3S2. The number of hydrazine groups is 1. The molecule has 3 N–H and O–H groups in total. The van der Waals surface area contributed by atoms with Crippen LogP contribution in [0.2, 0.25) is 0 Å². The van der Waals surface area contributed by atoms with Gasteiger partial charge in [-0.25, -0.2) is 0 Å². The number of hydrogen-bond donors (Lipinski definition) is 3. The van der Waals surface area contributed by atoms with Crippen LogP contribution in [0, 0.1) is 0 Å². The zero-order valence-electron chi connectivity index (χ0n) is 12.9. The van der Waals surface area contributed by atoms with E-state index in [2.05, 4.69) is 22.4 Å². The number of carbonyl (C=O) groups excluding carboxylic acids is 1. The second kappa shape index (κ2) is 10.1. The van der Waals surface area contributed by atoms with Gasteiger partial charge in [0.1, 0.15) is 0 Å². The highest BCUT2D eigenvalue weighted by molar-refractivity contribution is 7.98. The summed E-state index contributed by atoms with van der Waals surface area (Å²) in [5.74, 6) is 1.81. The molecule has 0 radical (unpaired) electrons. The van der Waals surface area contributed by atoms with Crippen molar-refractivity contribution in [2.45, 2.75) is 6.42 Å². The largest absolute Gasteiger partial charge is 0.493 e. The second-order valence-corrected chi connectivity index (χ2v) is 5.64. The Balaban J connectivity index is 2.46. The average molecular weight is 343 g/mol. The van der Waals surface area contributed by atoms with E-state index in [-0.39, 0.29) is 5.91 Å². The predicted octanol–water partition coefficient (Wildman–Crippen LogP) is 1.57. The first kappa shape index (κ1) is 18.4. The number of hydrogen-bond acceptors (Lipinski definition) is 5. The van der Waals surface area contributed by atoms with Gasteiger partial charge in [-0.05, 0) is 48.8 Å². The zero-order chi connectivity index (χ0) is 16.4. The Morgan fingerprint density at radius 3 is 2.59 bits per heavy atom. The van der Waals surface area contributed by atoms with Gasteiger partial charge >= 0.3 is 0 Å². The molecule has 1 aromatic carbocycles. The van der Waals surface area contributed by atoms with E-state index in [9.17, 15) is 4.79 Å². The molecule has 0 saturated carbocycles. The maximum absolute atomic E-state index is 12.0. The summed E-state index contributed by atoms with van der Waals surface area (Å²) >= 11 is 6.85. The standard InChI is InChI=1S/C14H21N3O3S2/c1-19-11-6-5-10(9-12(11)20-2)13(18)16-17-14(21)15-7-4-8-22-3/h5-6,9H,4,7-8H2,1-3H3,(H,16,18)(H2,15,17,21). The average Bonchev–Trinajstić information content (AvgIpc) is 2.55. The Morgan fingerprint density at radius 1 is 1.23 bits per heavy atom. The molecule has 1 rings (SSSR count). The van der Waals surface area contributed by atoms with Crippen LogP contribution in [0.1, 0.15) is 16.8 Å². The molecule has 0 aromatic heterocycles. The van der Waals surface area contributed by atoms with Crippen LogP contribution in [0.4, 0.5) is 0 Å². The highest BCUT2D eigenvalue weighted by Crippen LogP contribution is 2.27. The van der Waals surface area contributed by atoms with Crippen molar-refractivity contribution >= 4 is 35.0 Å². The lowest BCUT2D eigenvalue weighted by Gasteiger charge is -2.12. The fourth-order valence-electron chi connectivity index (χ4n) is 1.63. The summed E-state index contributed by atoms with van der Waals surface area (Å²) in [5, 5.41) is 3.40. The molecule has 0 saturated heterocycles. The lowest BCUT2D eigenvalue weighted by atomic mass is 10.2. The first-order valence-corrected chi connectivity index (χ1v) is 8.47. The van der Waals surface area contributed by atoms with Gasteiger partial charge in [0.2, 0.25) is 0 Å². The number of methoxy groups -OCH3 is 2. The summed E-state index contributed by atoms with van der Waals surface area (Å²) in [4.78, 5) is 12.0. The summed E-state index contributed by atoms with van der Waals surface area (Å²) in [6.45, 7) is 0.763. The smallest absolute Gasteiger partial charge is 0.269 e. The van der Waals surface area contributed by atoms with E-state index < -0.39 is 0 Å². The van der Waals surface area contributed by atoms with Crippen LogP contribution in [0.3, 0.4) is 0 Å². The minimum Gasteiger partial charge on any atom is -0.493 e. The Kier molecular flexibility index (Phi) is 8.46. The van der Waals surface area contributed by atoms with Gasteiger partial charge < -0.3 is 14.8 Å². The number of thioether (sulfide) groups is 1. The van der Waals surface area contributed by atoms with Crippen molar-refractivity contribution < 1.29 is 14.3 Å². The molecule has 0 fully saturated rings. The first-order valence-electron chi connectivity index (χ1n) is 6.67. The van der Waals surface area contributed by atoms with Crippen molar-refractivity contribution in [3.63, 3.8) is 0 Å². The van der Waals surface area contributed by atoms with E-state index in [1.807, 2.05) is 0 Å². The third kappa shape index (κ3) is 5.98. The fraction of sp³-hybridized carbons (Fsp3) is 0.429. The van der Waals surface area contributed by atoms with Gasteiger partial charge in [-0.15, -0.1) is 0 Å². The monoisotopic (exact) mass is 343 g/mol. The van der Waals surface area contributed by atoms with E-state index in [1.165, 1.54) is 7.11 Å². The summed E-state index contributed by atoms with van der Waals surface area (Å²) < 4.78 is 10.3. The molecule has 0 aliphatic carbocycles. The molecule has 8 heteroatoms. The van der Waals surface area contributed by atoms with Crippen molar-refractivity contribution in [2.75, 3.05) is 32.8 Å². The number of amides is 1. The molecule has 1 aromatic rings. The molecule has 22 heavy (non-hydrogen) atoms. The van der Waals surface area contributed by atoms with Crippen LogP contribution in [0.25, 0.3) is 0 Å². The maximum atomic E-state index is 12.0. The third-order valence-electron chi connectivity index (χ3n) is 2.75. The third-order valence-corrected chi connectivity index (χ3v) is 3.69. The Bertz CT molecular complexity index is 512. The summed E-state index contributed by atoms with van der Waals surface area (Å²) in [5.41, 5.74) is 5.64. The number of thiocarbonyl (C=S) groups is 1. The van der Waals surface area contributed by atoms with Gasteiger partial charge in [0.05, 0.1) is 14.2 Å². The first-order chi connectivity index (χ1) is 10.6. The second-order valence-electron chi connectivity index (χ2n) is 4.25. The molecule has 6 nitrogen and oxygen atoms in total. The lowest BCUT2D eigenvalue weighted by molar-refractivity contribution is 0.0943. The fourth-order valence-corrected chi connectivity index (χ4v) is 2.21. The Hall–Kier alpha value is -1.67. The van der Waals surface area contributed by atoms with E-state index in [1.54, 1.807) is 37.1 Å². The SMILES string of the molecule is COc1ccc(C(=O)NNC(=S)NCCCSC)cc1OC. The van der Waals surface area contributed by atoms with Crippen molar-refractivity contribution in [3.8, 4) is 11.5 Å². The van der Waals surface area contributed by atoms with E-state index in [4.69, 9.17) is 21.7 Å². The molecule has 0 aliphatic heterocycles. The minimum absolute atomic E-state index is 0.311. The van der Waals surface area contributed by atoms with Gasteiger partial charge in [0.15, 0.2) is 16.6 Å². The number of benzene rings is 1. The maximum Gasteiger partial charge on any atom is 0.269 e. The van der Waals surface area contributed by atoms with Crippen molar-refractivity contribution in [1.82, 2.24) is 16.2 Å². The van der Waals surface area contributed by atoms with Crippen molar-refractivity contribution in [1.29, 1.82) is 0 Å². The van der Waals surface area contributed by atoms with Gasteiger partial charge in [-0.3, -0.25) is 15.6 Å². The molecule has 0 spiro atoms. The normalized spacial score (nSPS) is 9.77. The van der Waals surface area contributed by atoms with Crippen LogP contribution in [-0.4, -0.2) is 43.8 Å². The molecular weight excluding hydrogens is 322 g/mol. The van der Waals surface area contributed by atoms with Crippen LogP contribution in [-0.2, 0) is 0 Å². The zero-order valence-corrected chi connectivity index (χ0v) is 14.5. The number of nitrogens with one attached hydrogen (secondary N) is 3. The van der Waals surface area contributed by atoms with Crippen LogP contribution in [0.5, 0.6) is 11.5 Å². The Morgan fingerprint density at radius 2 is 1.95 bits per heavy atom. The van der Waals surface area contributed by atoms with Crippen LogP contribution < -0.4 is 25.6 Å². The van der Waals surface area contributed by atoms with E-state index >= 15 is 0 Å². The van der Waals surface area contributed by atoms with E-state index in [0.29, 0.717) is 22.2 Å². The quantitative estimate of drug-likeness (QED) is 0.394. The van der Waals surface area contributed by atoms with Crippen LogP contribution >= 0.6 is 24.0 Å². The van der Waals surface area contributed by atoms with Gasteiger partial charge in [-0.1, -0.05) is 0 Å². The minimum atomic E-state index is -0.311. The number of rotatable bonds is 7. The molecule has 0 heterocycles.